The van der Waals surface area contributed by atoms with E-state index in [1.165, 1.54) is 0 Å². The summed E-state index contributed by atoms with van der Waals surface area (Å²) in [5, 5.41) is 1.00. The molecule has 0 bridgehead atoms. The maximum Gasteiger partial charge on any atom is 0.189 e. The number of thiol groups is 3. The van der Waals surface area contributed by atoms with Gasteiger partial charge < -0.3 is 12.3 Å². The lowest BCUT2D eigenvalue weighted by Crippen LogP contribution is -1.90. The van der Waals surface area contributed by atoms with E-state index in [1.54, 1.807) is 0 Å². The molecule has 1 heterocycles. The van der Waals surface area contributed by atoms with E-state index in [0.717, 1.165) is 0 Å². The Bertz CT molecular complexity index is 178. The number of hydrogen-bond donors (Lipinski definition) is 5. The molecule has 0 saturated heterocycles. The minimum absolute atomic E-state index is 0. The second-order valence-corrected chi connectivity index (χ2v) is 2.44. The maximum atomic E-state index is 3.86. The lowest BCUT2D eigenvalue weighted by Gasteiger charge is -1.91. The first-order valence-corrected chi connectivity index (χ1v) is 3.35. The van der Waals surface area contributed by atoms with Crippen LogP contribution in [-0.2, 0) is 0 Å². The van der Waals surface area contributed by atoms with Gasteiger partial charge in [0.05, 0.1) is 0 Å². The molecule has 1 aromatic heterocycles. The Hall–Kier alpha value is -0.0200. The van der Waals surface area contributed by atoms with Crippen LogP contribution < -0.4 is 12.3 Å². The first kappa shape index (κ1) is 13.6. The van der Waals surface area contributed by atoms with Gasteiger partial charge in [0, 0.05) is 0 Å². The summed E-state index contributed by atoms with van der Waals surface area (Å²) < 4.78 is 0. The lowest BCUT2D eigenvalue weighted by atomic mass is 11.1. The van der Waals surface area contributed by atoms with Crippen molar-refractivity contribution >= 4 is 37.9 Å². The van der Waals surface area contributed by atoms with E-state index >= 15 is 0 Å². The van der Waals surface area contributed by atoms with Crippen molar-refractivity contribution in [3.63, 3.8) is 0 Å². The Morgan fingerprint density at radius 1 is 0.636 bits per heavy atom. The molecule has 0 aliphatic rings. The number of rotatable bonds is 0. The standard InChI is InChI=1S/C3H3N3S3.2H3N/c7-1-4-2(8)6-3(9)5-1;;/h(H3,4,5,6,7,8,9);2*1H3. The molecule has 0 saturated carbocycles. The molecule has 5 nitrogen and oxygen atoms in total. The average molecular weight is 211 g/mol. The van der Waals surface area contributed by atoms with E-state index in [4.69, 9.17) is 0 Å². The van der Waals surface area contributed by atoms with Crippen LogP contribution >= 0.6 is 37.9 Å². The summed E-state index contributed by atoms with van der Waals surface area (Å²) in [5.41, 5.74) is 0. The molecule has 6 N–H and O–H groups in total. The van der Waals surface area contributed by atoms with E-state index in [0.29, 0.717) is 15.5 Å². The first-order chi connectivity index (χ1) is 4.18. The highest BCUT2D eigenvalue weighted by molar-refractivity contribution is 7.81. The summed E-state index contributed by atoms with van der Waals surface area (Å²) in [6, 6.07) is 0. The van der Waals surface area contributed by atoms with E-state index in [2.05, 4.69) is 52.8 Å². The fourth-order valence-corrected chi connectivity index (χ4v) is 1.15. The van der Waals surface area contributed by atoms with Gasteiger partial charge in [-0.05, 0) is 0 Å². The number of aromatic nitrogens is 3. The molecule has 0 aliphatic carbocycles. The molecule has 0 atom stereocenters. The van der Waals surface area contributed by atoms with Gasteiger partial charge in [0.2, 0.25) is 0 Å². The van der Waals surface area contributed by atoms with Gasteiger partial charge in [0.25, 0.3) is 0 Å². The zero-order valence-corrected chi connectivity index (χ0v) is 8.28. The van der Waals surface area contributed by atoms with Crippen LogP contribution in [0.1, 0.15) is 0 Å². The van der Waals surface area contributed by atoms with Gasteiger partial charge in [-0.1, -0.05) is 0 Å². The van der Waals surface area contributed by atoms with Crippen molar-refractivity contribution in [3.05, 3.63) is 0 Å². The second-order valence-electron chi connectivity index (χ2n) is 1.24. The summed E-state index contributed by atoms with van der Waals surface area (Å²) in [6.45, 7) is 0. The molecule has 0 aromatic carbocycles. The molecule has 0 radical (unpaired) electrons. The third kappa shape index (κ3) is 4.43. The van der Waals surface area contributed by atoms with Crippen LogP contribution in [0.15, 0.2) is 15.5 Å². The topological polar surface area (TPSA) is 109 Å². The van der Waals surface area contributed by atoms with Crippen LogP contribution in [0.5, 0.6) is 0 Å². The molecule has 11 heavy (non-hydrogen) atoms. The molecule has 0 unspecified atom stereocenters. The van der Waals surface area contributed by atoms with E-state index in [-0.39, 0.29) is 12.3 Å². The number of hydrogen-bond acceptors (Lipinski definition) is 8. The third-order valence-corrected chi connectivity index (χ3v) is 1.20. The van der Waals surface area contributed by atoms with Crippen LogP contribution in [0, 0.1) is 0 Å². The van der Waals surface area contributed by atoms with Crippen LogP contribution in [0.4, 0.5) is 0 Å². The molecule has 1 rings (SSSR count). The third-order valence-electron chi connectivity index (χ3n) is 0.600. The Morgan fingerprint density at radius 2 is 0.818 bits per heavy atom. The van der Waals surface area contributed by atoms with E-state index in [9.17, 15) is 0 Å². The summed E-state index contributed by atoms with van der Waals surface area (Å²) in [7, 11) is 0. The van der Waals surface area contributed by atoms with E-state index < -0.39 is 0 Å². The highest BCUT2D eigenvalue weighted by Gasteiger charge is 1.94. The molecule has 1 aromatic rings. The largest absolute Gasteiger partial charge is 0.344 e. The van der Waals surface area contributed by atoms with Crippen molar-refractivity contribution in [1.82, 2.24) is 27.3 Å². The van der Waals surface area contributed by atoms with Gasteiger partial charge in [-0.2, -0.15) is 15.0 Å². The monoisotopic (exact) mass is 211 g/mol. The minimum Gasteiger partial charge on any atom is -0.344 e. The van der Waals surface area contributed by atoms with Crippen molar-refractivity contribution in [2.45, 2.75) is 15.5 Å². The predicted molar refractivity (Wildman–Crippen MR) is 51.6 cm³/mol. The van der Waals surface area contributed by atoms with Gasteiger partial charge in [0.1, 0.15) is 0 Å². The molecule has 64 valence electrons. The van der Waals surface area contributed by atoms with Crippen molar-refractivity contribution in [1.29, 1.82) is 0 Å². The van der Waals surface area contributed by atoms with Crippen molar-refractivity contribution in [2.24, 2.45) is 0 Å². The minimum atomic E-state index is 0. The summed E-state index contributed by atoms with van der Waals surface area (Å²) in [5.74, 6) is 0. The lowest BCUT2D eigenvalue weighted by molar-refractivity contribution is 0.725. The maximum absolute atomic E-state index is 3.86. The van der Waals surface area contributed by atoms with Gasteiger partial charge in [-0.15, -0.1) is 37.9 Å². The van der Waals surface area contributed by atoms with Crippen LogP contribution in [-0.4, -0.2) is 15.0 Å². The Morgan fingerprint density at radius 3 is 1.00 bits per heavy atom. The summed E-state index contributed by atoms with van der Waals surface area (Å²) >= 11 is 11.6. The molecule has 0 spiro atoms. The van der Waals surface area contributed by atoms with Crippen LogP contribution in [0.25, 0.3) is 0 Å². The Labute approximate surface area is 80.8 Å². The molecular formula is C3H9N5S3. The summed E-state index contributed by atoms with van der Waals surface area (Å²) in [4.78, 5) is 11.1. The predicted octanol–water partition coefficient (Wildman–Crippen LogP) is 1.06. The molecular weight excluding hydrogens is 202 g/mol. The molecule has 0 fully saturated rings. The molecule has 0 aliphatic heterocycles. The highest BCUT2D eigenvalue weighted by Crippen LogP contribution is 2.04. The number of nitrogens with zero attached hydrogens (tertiary/aromatic N) is 3. The fraction of sp³-hybridized carbons (Fsp3) is 0. The quantitative estimate of drug-likeness (QED) is 0.412. The molecule has 8 heteroatoms. The van der Waals surface area contributed by atoms with Crippen LogP contribution in [0.3, 0.4) is 0 Å². The van der Waals surface area contributed by atoms with Crippen molar-refractivity contribution in [2.75, 3.05) is 0 Å². The van der Waals surface area contributed by atoms with Gasteiger partial charge in [-0.3, -0.25) is 0 Å². The Kier molecular flexibility index (Phi) is 6.91. The highest BCUT2D eigenvalue weighted by atomic mass is 32.1. The first-order valence-electron chi connectivity index (χ1n) is 2.01. The second kappa shape index (κ2) is 5.61. The zero-order chi connectivity index (χ0) is 6.85. The summed E-state index contributed by atoms with van der Waals surface area (Å²) in [6.07, 6.45) is 0. The Balaban J connectivity index is 0. The van der Waals surface area contributed by atoms with E-state index in [1.807, 2.05) is 0 Å². The van der Waals surface area contributed by atoms with Crippen molar-refractivity contribution < 1.29 is 0 Å². The van der Waals surface area contributed by atoms with Gasteiger partial charge >= 0.3 is 0 Å². The van der Waals surface area contributed by atoms with Crippen LogP contribution in [0.2, 0.25) is 0 Å². The smallest absolute Gasteiger partial charge is 0.189 e. The zero-order valence-electron chi connectivity index (χ0n) is 5.60. The average Bonchev–Trinajstić information content (AvgIpc) is 1.59. The normalized spacial score (nSPS) is 7.91. The van der Waals surface area contributed by atoms with Crippen molar-refractivity contribution in [3.8, 4) is 0 Å². The SMILES string of the molecule is N.N.Sc1nc(S)nc(S)n1. The fourth-order valence-electron chi connectivity index (χ4n) is 0.343. The van der Waals surface area contributed by atoms with Gasteiger partial charge in [-0.25, -0.2) is 0 Å². The van der Waals surface area contributed by atoms with Gasteiger partial charge in [0.15, 0.2) is 15.5 Å². The molecule has 0 amide bonds.